The van der Waals surface area contributed by atoms with E-state index in [1.54, 1.807) is 6.07 Å². The zero-order valence-electron chi connectivity index (χ0n) is 6.05. The van der Waals surface area contributed by atoms with Gasteiger partial charge in [-0.1, -0.05) is 11.6 Å². The molecule has 0 spiro atoms. The standard InChI is InChI=1S/C8H5BrClNO/c9-6-1-5-3-11-4-12-8(5)2-7(6)10/h1-2,4H,3H2. The highest BCUT2D eigenvalue weighted by Gasteiger charge is 2.09. The number of nitrogens with zero attached hydrogens (tertiary/aromatic N) is 1. The topological polar surface area (TPSA) is 21.6 Å². The molecule has 2 rings (SSSR count). The summed E-state index contributed by atoms with van der Waals surface area (Å²) in [6.07, 6.45) is 1.44. The Morgan fingerprint density at radius 3 is 3.17 bits per heavy atom. The van der Waals surface area contributed by atoms with Gasteiger partial charge >= 0.3 is 0 Å². The number of halogens is 2. The van der Waals surface area contributed by atoms with Crippen molar-refractivity contribution in [2.45, 2.75) is 6.54 Å². The Morgan fingerprint density at radius 2 is 2.33 bits per heavy atom. The van der Waals surface area contributed by atoms with Gasteiger partial charge in [-0.25, -0.2) is 0 Å². The number of rotatable bonds is 0. The van der Waals surface area contributed by atoms with Crippen molar-refractivity contribution in [1.29, 1.82) is 0 Å². The largest absolute Gasteiger partial charge is 0.446 e. The molecule has 2 nitrogen and oxygen atoms in total. The fourth-order valence-corrected chi connectivity index (χ4v) is 1.58. The van der Waals surface area contributed by atoms with E-state index < -0.39 is 0 Å². The summed E-state index contributed by atoms with van der Waals surface area (Å²) in [5, 5.41) is 0.657. The zero-order valence-corrected chi connectivity index (χ0v) is 8.39. The molecule has 0 fully saturated rings. The van der Waals surface area contributed by atoms with E-state index in [4.69, 9.17) is 16.3 Å². The van der Waals surface area contributed by atoms with E-state index in [1.807, 2.05) is 6.07 Å². The van der Waals surface area contributed by atoms with Crippen LogP contribution in [0.2, 0.25) is 5.02 Å². The van der Waals surface area contributed by atoms with Gasteiger partial charge in [0, 0.05) is 16.1 Å². The van der Waals surface area contributed by atoms with E-state index in [0.717, 1.165) is 15.8 Å². The second-order valence-electron chi connectivity index (χ2n) is 2.44. The first kappa shape index (κ1) is 8.08. The molecule has 1 aliphatic rings. The van der Waals surface area contributed by atoms with Gasteiger partial charge in [-0.2, -0.15) is 0 Å². The van der Waals surface area contributed by atoms with Crippen molar-refractivity contribution in [1.82, 2.24) is 0 Å². The molecule has 0 amide bonds. The first-order valence-corrected chi connectivity index (χ1v) is 4.57. The van der Waals surface area contributed by atoms with E-state index in [0.29, 0.717) is 11.6 Å². The molecule has 12 heavy (non-hydrogen) atoms. The van der Waals surface area contributed by atoms with Gasteiger partial charge in [-0.3, -0.25) is 4.99 Å². The average molecular weight is 246 g/mol. The quantitative estimate of drug-likeness (QED) is 0.689. The predicted molar refractivity (Wildman–Crippen MR) is 52.0 cm³/mol. The maximum absolute atomic E-state index is 5.87. The van der Waals surface area contributed by atoms with Crippen LogP contribution in [0.25, 0.3) is 0 Å². The Bertz CT molecular complexity index is 318. The second kappa shape index (κ2) is 3.07. The number of ether oxygens (including phenoxy) is 1. The molecule has 0 bridgehead atoms. The summed E-state index contributed by atoms with van der Waals surface area (Å²) in [5.74, 6) is 0.790. The first-order valence-electron chi connectivity index (χ1n) is 3.40. The lowest BCUT2D eigenvalue weighted by Crippen LogP contribution is -2.01. The van der Waals surface area contributed by atoms with Crippen molar-refractivity contribution in [2.75, 3.05) is 0 Å². The number of fused-ring (bicyclic) bond motifs is 1. The molecule has 0 saturated heterocycles. The highest BCUT2D eigenvalue weighted by atomic mass is 79.9. The molecular formula is C8H5BrClNO. The first-order chi connectivity index (χ1) is 5.77. The van der Waals surface area contributed by atoms with Crippen LogP contribution in [0.3, 0.4) is 0 Å². The minimum absolute atomic E-state index is 0.657. The van der Waals surface area contributed by atoms with E-state index in [1.165, 1.54) is 6.40 Å². The van der Waals surface area contributed by atoms with Crippen molar-refractivity contribution in [3.8, 4) is 5.75 Å². The molecule has 0 radical (unpaired) electrons. The third kappa shape index (κ3) is 1.34. The van der Waals surface area contributed by atoms with Crippen LogP contribution < -0.4 is 4.74 Å². The third-order valence-electron chi connectivity index (χ3n) is 1.62. The summed E-state index contributed by atoms with van der Waals surface area (Å²) in [5.41, 5.74) is 1.05. The molecule has 0 saturated carbocycles. The SMILES string of the molecule is Clc1cc2c(cc1Br)CN=CO2. The molecule has 0 atom stereocenters. The van der Waals surface area contributed by atoms with Gasteiger partial charge in [0.25, 0.3) is 0 Å². The predicted octanol–water partition coefficient (Wildman–Crippen LogP) is 3.02. The molecular weight excluding hydrogens is 241 g/mol. The summed E-state index contributed by atoms with van der Waals surface area (Å²) >= 11 is 9.21. The summed E-state index contributed by atoms with van der Waals surface area (Å²) in [7, 11) is 0. The van der Waals surface area contributed by atoms with Crippen molar-refractivity contribution in [2.24, 2.45) is 4.99 Å². The molecule has 1 aliphatic heterocycles. The summed E-state index contributed by atoms with van der Waals surface area (Å²) in [4.78, 5) is 3.98. The second-order valence-corrected chi connectivity index (χ2v) is 3.70. The Morgan fingerprint density at radius 1 is 1.50 bits per heavy atom. The lowest BCUT2D eigenvalue weighted by Gasteiger charge is -2.11. The Hall–Kier alpha value is -0.540. The molecule has 62 valence electrons. The number of aliphatic imine (C=N–C) groups is 1. The maximum Gasteiger partial charge on any atom is 0.176 e. The van der Waals surface area contributed by atoms with Crippen LogP contribution in [-0.2, 0) is 6.54 Å². The number of benzene rings is 1. The minimum Gasteiger partial charge on any atom is -0.446 e. The molecule has 1 aromatic rings. The fourth-order valence-electron chi connectivity index (χ4n) is 1.03. The molecule has 4 heteroatoms. The summed E-state index contributed by atoms with van der Waals surface area (Å²) < 4.78 is 6.04. The Balaban J connectivity index is 2.53. The summed E-state index contributed by atoms with van der Waals surface area (Å²) in [6, 6.07) is 3.71. The van der Waals surface area contributed by atoms with Gasteiger partial charge < -0.3 is 4.74 Å². The fraction of sp³-hybridized carbons (Fsp3) is 0.125. The number of hydrogen-bond donors (Lipinski definition) is 0. The van der Waals surface area contributed by atoms with Gasteiger partial charge in [-0.05, 0) is 22.0 Å². The Labute approximate surface area is 83.3 Å². The lowest BCUT2D eigenvalue weighted by atomic mass is 10.2. The summed E-state index contributed by atoms with van der Waals surface area (Å²) in [6.45, 7) is 0.658. The highest BCUT2D eigenvalue weighted by Crippen LogP contribution is 2.32. The maximum atomic E-state index is 5.87. The van der Waals surface area contributed by atoms with Crippen molar-refractivity contribution in [3.63, 3.8) is 0 Å². The zero-order chi connectivity index (χ0) is 8.55. The van der Waals surface area contributed by atoms with E-state index >= 15 is 0 Å². The van der Waals surface area contributed by atoms with Crippen molar-refractivity contribution in [3.05, 3.63) is 27.2 Å². The van der Waals surface area contributed by atoms with Crippen molar-refractivity contribution >= 4 is 33.9 Å². The molecule has 1 heterocycles. The van der Waals surface area contributed by atoms with Gasteiger partial charge in [0.05, 0.1) is 11.6 Å². The molecule has 1 aromatic carbocycles. The van der Waals surface area contributed by atoms with Gasteiger partial charge in [-0.15, -0.1) is 0 Å². The molecule has 0 unspecified atom stereocenters. The van der Waals surface area contributed by atoms with Crippen LogP contribution in [0.4, 0.5) is 0 Å². The normalized spacial score (nSPS) is 13.8. The smallest absolute Gasteiger partial charge is 0.176 e. The van der Waals surface area contributed by atoms with E-state index in [9.17, 15) is 0 Å². The van der Waals surface area contributed by atoms with Crippen LogP contribution in [-0.4, -0.2) is 6.40 Å². The minimum atomic E-state index is 0.657. The molecule has 0 aliphatic carbocycles. The van der Waals surface area contributed by atoms with E-state index in [2.05, 4.69) is 20.9 Å². The number of hydrogen-bond acceptors (Lipinski definition) is 2. The van der Waals surface area contributed by atoms with E-state index in [-0.39, 0.29) is 0 Å². The third-order valence-corrected chi connectivity index (χ3v) is 2.82. The van der Waals surface area contributed by atoms with Crippen LogP contribution in [0.5, 0.6) is 5.75 Å². The van der Waals surface area contributed by atoms with Crippen LogP contribution in [0, 0.1) is 0 Å². The van der Waals surface area contributed by atoms with Crippen molar-refractivity contribution < 1.29 is 4.74 Å². The molecule has 0 N–H and O–H groups in total. The lowest BCUT2D eigenvalue weighted by molar-refractivity contribution is 0.546. The van der Waals surface area contributed by atoms with Crippen LogP contribution in [0.15, 0.2) is 21.6 Å². The van der Waals surface area contributed by atoms with Gasteiger partial charge in [0.2, 0.25) is 0 Å². The average Bonchev–Trinajstić information content (AvgIpc) is 2.07. The monoisotopic (exact) mass is 245 g/mol. The van der Waals surface area contributed by atoms with Crippen LogP contribution in [0.1, 0.15) is 5.56 Å². The Kier molecular flexibility index (Phi) is 2.07. The van der Waals surface area contributed by atoms with Gasteiger partial charge in [0.1, 0.15) is 5.75 Å². The van der Waals surface area contributed by atoms with Gasteiger partial charge in [0.15, 0.2) is 6.40 Å². The molecule has 0 aromatic heterocycles. The van der Waals surface area contributed by atoms with Crippen LogP contribution >= 0.6 is 27.5 Å². The highest BCUT2D eigenvalue weighted by molar-refractivity contribution is 9.10.